The van der Waals surface area contributed by atoms with E-state index in [2.05, 4.69) is 26.8 Å². The molecular formula is C23H40O. The molecule has 0 heterocycles. The van der Waals surface area contributed by atoms with Crippen LogP contribution in [-0.4, -0.2) is 5.11 Å². The Morgan fingerprint density at radius 2 is 1.12 bits per heavy atom. The molecule has 0 aliphatic rings. The van der Waals surface area contributed by atoms with Crippen LogP contribution in [0.5, 0.6) is 5.75 Å². The van der Waals surface area contributed by atoms with Gasteiger partial charge in [0.2, 0.25) is 0 Å². The lowest BCUT2D eigenvalue weighted by Gasteiger charge is -2.16. The molecule has 0 aromatic heterocycles. The summed E-state index contributed by atoms with van der Waals surface area (Å²) >= 11 is 0. The summed E-state index contributed by atoms with van der Waals surface area (Å²) in [5.74, 6) is 0.529. The molecule has 1 heteroatoms. The highest BCUT2D eigenvalue weighted by Gasteiger charge is 2.12. The highest BCUT2D eigenvalue weighted by atomic mass is 16.3. The SMILES string of the molecule is CCCCCCCCCCc1c(O)ccc(CC)c1CCCCC. The highest BCUT2D eigenvalue weighted by Crippen LogP contribution is 2.29. The van der Waals surface area contributed by atoms with Crippen molar-refractivity contribution < 1.29 is 5.11 Å². The van der Waals surface area contributed by atoms with Gasteiger partial charge in [0.1, 0.15) is 5.75 Å². The van der Waals surface area contributed by atoms with E-state index in [1.54, 1.807) is 0 Å². The van der Waals surface area contributed by atoms with Crippen LogP contribution in [0.3, 0.4) is 0 Å². The van der Waals surface area contributed by atoms with Crippen molar-refractivity contribution in [3.8, 4) is 5.75 Å². The summed E-state index contributed by atoms with van der Waals surface area (Å²) in [5, 5.41) is 10.4. The third kappa shape index (κ3) is 7.73. The van der Waals surface area contributed by atoms with Gasteiger partial charge < -0.3 is 5.11 Å². The Hall–Kier alpha value is -0.980. The number of aromatic hydroxyl groups is 1. The molecule has 0 unspecified atom stereocenters. The largest absolute Gasteiger partial charge is 0.508 e. The molecular weight excluding hydrogens is 292 g/mol. The second-order valence-electron chi connectivity index (χ2n) is 7.24. The Balaban J connectivity index is 2.49. The molecule has 0 radical (unpaired) electrons. The molecule has 24 heavy (non-hydrogen) atoms. The number of unbranched alkanes of at least 4 members (excludes halogenated alkanes) is 9. The Morgan fingerprint density at radius 3 is 1.75 bits per heavy atom. The summed E-state index contributed by atoms with van der Waals surface area (Å²) in [6.45, 7) is 6.76. The molecule has 0 atom stereocenters. The lowest BCUT2D eigenvalue weighted by atomic mass is 9.91. The molecule has 0 saturated carbocycles. The zero-order valence-corrected chi connectivity index (χ0v) is 16.5. The number of benzene rings is 1. The first-order valence-electron chi connectivity index (χ1n) is 10.6. The fraction of sp³-hybridized carbons (Fsp3) is 0.739. The van der Waals surface area contributed by atoms with Gasteiger partial charge >= 0.3 is 0 Å². The van der Waals surface area contributed by atoms with Crippen LogP contribution >= 0.6 is 0 Å². The third-order valence-corrected chi connectivity index (χ3v) is 5.20. The minimum atomic E-state index is 0.529. The summed E-state index contributed by atoms with van der Waals surface area (Å²) in [4.78, 5) is 0. The Labute approximate surface area is 150 Å². The maximum Gasteiger partial charge on any atom is 0.119 e. The summed E-state index contributed by atoms with van der Waals surface area (Å²) in [6, 6.07) is 4.05. The molecule has 0 saturated heterocycles. The van der Waals surface area contributed by atoms with Gasteiger partial charge in [0.05, 0.1) is 0 Å². The number of aryl methyl sites for hydroxylation is 1. The summed E-state index contributed by atoms with van der Waals surface area (Å²) < 4.78 is 0. The second-order valence-corrected chi connectivity index (χ2v) is 7.24. The molecule has 1 aromatic carbocycles. The molecule has 138 valence electrons. The van der Waals surface area contributed by atoms with Crippen molar-refractivity contribution in [3.63, 3.8) is 0 Å². The molecule has 0 aliphatic carbocycles. The van der Waals surface area contributed by atoms with E-state index in [4.69, 9.17) is 0 Å². The van der Waals surface area contributed by atoms with E-state index in [1.165, 1.54) is 87.3 Å². The first kappa shape index (κ1) is 21.1. The summed E-state index contributed by atoms with van der Waals surface area (Å²) in [7, 11) is 0. The smallest absolute Gasteiger partial charge is 0.119 e. The maximum absolute atomic E-state index is 10.4. The van der Waals surface area contributed by atoms with Gasteiger partial charge in [-0.15, -0.1) is 0 Å². The van der Waals surface area contributed by atoms with Crippen LogP contribution in [0.25, 0.3) is 0 Å². The van der Waals surface area contributed by atoms with Crippen LogP contribution in [-0.2, 0) is 19.3 Å². The average molecular weight is 333 g/mol. The van der Waals surface area contributed by atoms with Crippen LogP contribution in [0.1, 0.15) is 108 Å². The van der Waals surface area contributed by atoms with Gasteiger partial charge in [0.25, 0.3) is 0 Å². The molecule has 0 amide bonds. The predicted octanol–water partition coefficient (Wildman–Crippen LogP) is 7.37. The molecule has 1 nitrogen and oxygen atoms in total. The topological polar surface area (TPSA) is 20.2 Å². The van der Waals surface area contributed by atoms with E-state index in [1.807, 2.05) is 6.07 Å². The van der Waals surface area contributed by atoms with E-state index < -0.39 is 0 Å². The molecule has 0 fully saturated rings. The van der Waals surface area contributed by atoms with E-state index >= 15 is 0 Å². The van der Waals surface area contributed by atoms with Crippen LogP contribution in [0.15, 0.2) is 12.1 Å². The maximum atomic E-state index is 10.4. The molecule has 0 aliphatic heterocycles. The van der Waals surface area contributed by atoms with Crippen LogP contribution < -0.4 is 0 Å². The van der Waals surface area contributed by atoms with E-state index in [-0.39, 0.29) is 0 Å². The van der Waals surface area contributed by atoms with Crippen LogP contribution in [0.4, 0.5) is 0 Å². The Kier molecular flexibility index (Phi) is 11.7. The molecule has 1 N–H and O–H groups in total. The first-order chi connectivity index (χ1) is 11.7. The first-order valence-corrected chi connectivity index (χ1v) is 10.6. The normalized spacial score (nSPS) is 11.1. The quantitative estimate of drug-likeness (QED) is 0.352. The van der Waals surface area contributed by atoms with Gasteiger partial charge in [-0.3, -0.25) is 0 Å². The van der Waals surface area contributed by atoms with Crippen LogP contribution in [0.2, 0.25) is 0 Å². The van der Waals surface area contributed by atoms with E-state index in [0.29, 0.717) is 5.75 Å². The van der Waals surface area contributed by atoms with Crippen molar-refractivity contribution in [3.05, 3.63) is 28.8 Å². The van der Waals surface area contributed by atoms with Crippen molar-refractivity contribution in [1.29, 1.82) is 0 Å². The lowest BCUT2D eigenvalue weighted by Crippen LogP contribution is -2.01. The van der Waals surface area contributed by atoms with Gasteiger partial charge in [-0.25, -0.2) is 0 Å². The van der Waals surface area contributed by atoms with Crippen molar-refractivity contribution in [2.24, 2.45) is 0 Å². The molecule has 1 aromatic rings. The number of hydrogen-bond acceptors (Lipinski definition) is 1. The molecule has 0 spiro atoms. The minimum absolute atomic E-state index is 0.529. The number of hydrogen-bond donors (Lipinski definition) is 1. The monoisotopic (exact) mass is 332 g/mol. The second kappa shape index (κ2) is 13.3. The van der Waals surface area contributed by atoms with Gasteiger partial charge in [-0.05, 0) is 54.9 Å². The fourth-order valence-electron chi connectivity index (χ4n) is 3.64. The van der Waals surface area contributed by atoms with Crippen molar-refractivity contribution >= 4 is 0 Å². The summed E-state index contributed by atoms with van der Waals surface area (Å²) in [5.41, 5.74) is 4.14. The summed E-state index contributed by atoms with van der Waals surface area (Å²) in [6.07, 6.45) is 17.8. The predicted molar refractivity (Wildman–Crippen MR) is 107 cm³/mol. The van der Waals surface area contributed by atoms with Gasteiger partial charge in [0.15, 0.2) is 0 Å². The van der Waals surface area contributed by atoms with Crippen molar-refractivity contribution in [2.75, 3.05) is 0 Å². The number of rotatable bonds is 14. The minimum Gasteiger partial charge on any atom is -0.508 e. The number of phenolic OH excluding ortho intramolecular Hbond substituents is 1. The average Bonchev–Trinajstić information content (AvgIpc) is 2.59. The van der Waals surface area contributed by atoms with Crippen molar-refractivity contribution in [2.45, 2.75) is 111 Å². The van der Waals surface area contributed by atoms with Crippen molar-refractivity contribution in [1.82, 2.24) is 0 Å². The third-order valence-electron chi connectivity index (χ3n) is 5.20. The molecule has 1 rings (SSSR count). The number of phenols is 1. The van der Waals surface area contributed by atoms with Crippen LogP contribution in [0, 0.1) is 0 Å². The fourth-order valence-corrected chi connectivity index (χ4v) is 3.64. The van der Waals surface area contributed by atoms with E-state index in [0.717, 1.165) is 19.3 Å². The zero-order valence-electron chi connectivity index (χ0n) is 16.5. The molecule has 0 bridgehead atoms. The van der Waals surface area contributed by atoms with Gasteiger partial charge in [-0.1, -0.05) is 84.6 Å². The zero-order chi connectivity index (χ0) is 17.6. The van der Waals surface area contributed by atoms with Gasteiger partial charge in [-0.2, -0.15) is 0 Å². The lowest BCUT2D eigenvalue weighted by molar-refractivity contribution is 0.463. The van der Waals surface area contributed by atoms with Gasteiger partial charge in [0, 0.05) is 0 Å². The Morgan fingerprint density at radius 1 is 0.625 bits per heavy atom. The standard InChI is InChI=1S/C23H40O/c1-4-7-9-10-11-12-13-15-17-22-21(16-14-8-5-2)20(6-3)18-19-23(22)24/h18-19,24H,4-17H2,1-3H3. The van der Waals surface area contributed by atoms with E-state index in [9.17, 15) is 5.11 Å². The highest BCUT2D eigenvalue weighted by molar-refractivity contribution is 5.44. The Bertz CT molecular complexity index is 436.